The summed E-state index contributed by atoms with van der Waals surface area (Å²) in [4.78, 5) is 0. The molecule has 0 spiro atoms. The SMILES string of the molecule is [CH2]c1ccc([N+]2([O-])CCCCC2)cc1. The van der Waals surface area contributed by atoms with Gasteiger partial charge < -0.3 is 9.85 Å². The maximum Gasteiger partial charge on any atom is 0.132 e. The minimum absolute atomic E-state index is 0.139. The number of rotatable bonds is 1. The fourth-order valence-corrected chi connectivity index (χ4v) is 2.05. The summed E-state index contributed by atoms with van der Waals surface area (Å²) in [6, 6.07) is 7.67. The normalized spacial score (nSPS) is 20.7. The highest BCUT2D eigenvalue weighted by Gasteiger charge is 2.22. The minimum Gasteiger partial charge on any atom is -0.627 e. The zero-order valence-electron chi connectivity index (χ0n) is 8.41. The van der Waals surface area contributed by atoms with E-state index in [-0.39, 0.29) is 4.65 Å². The molecule has 1 aliphatic heterocycles. The second-order valence-electron chi connectivity index (χ2n) is 4.06. The molecule has 0 atom stereocenters. The molecule has 1 aromatic rings. The van der Waals surface area contributed by atoms with Crippen molar-refractivity contribution in [1.29, 1.82) is 0 Å². The Morgan fingerprint density at radius 1 is 1.00 bits per heavy atom. The molecule has 1 aromatic carbocycles. The molecule has 75 valence electrons. The molecule has 1 saturated heterocycles. The van der Waals surface area contributed by atoms with Crippen LogP contribution in [0.25, 0.3) is 0 Å². The van der Waals surface area contributed by atoms with Crippen LogP contribution in [0.2, 0.25) is 0 Å². The summed E-state index contributed by atoms with van der Waals surface area (Å²) in [5.74, 6) is 0. The topological polar surface area (TPSA) is 23.1 Å². The van der Waals surface area contributed by atoms with Crippen molar-refractivity contribution in [3.8, 4) is 0 Å². The van der Waals surface area contributed by atoms with Gasteiger partial charge in [0.1, 0.15) is 5.69 Å². The van der Waals surface area contributed by atoms with E-state index in [1.165, 1.54) is 6.42 Å². The molecule has 0 N–H and O–H groups in total. The maximum atomic E-state index is 12.4. The average Bonchev–Trinajstić information content (AvgIpc) is 2.19. The second-order valence-corrected chi connectivity index (χ2v) is 4.06. The predicted molar refractivity (Wildman–Crippen MR) is 59.6 cm³/mol. The largest absolute Gasteiger partial charge is 0.627 e. The highest BCUT2D eigenvalue weighted by molar-refractivity contribution is 5.45. The molecule has 0 aromatic heterocycles. The average molecular weight is 190 g/mol. The minimum atomic E-state index is -0.139. The van der Waals surface area contributed by atoms with Crippen molar-refractivity contribution in [2.24, 2.45) is 0 Å². The first-order valence-electron chi connectivity index (χ1n) is 5.21. The van der Waals surface area contributed by atoms with Crippen molar-refractivity contribution in [3.05, 3.63) is 42.0 Å². The van der Waals surface area contributed by atoms with Crippen molar-refractivity contribution in [1.82, 2.24) is 4.65 Å². The molecule has 2 nitrogen and oxygen atoms in total. The van der Waals surface area contributed by atoms with Crippen LogP contribution in [0.1, 0.15) is 24.8 Å². The van der Waals surface area contributed by atoms with Crippen molar-refractivity contribution in [2.45, 2.75) is 19.3 Å². The van der Waals surface area contributed by atoms with E-state index in [4.69, 9.17) is 0 Å². The lowest BCUT2D eigenvalue weighted by molar-refractivity contribution is 0.307. The molecule has 2 heteroatoms. The lowest BCUT2D eigenvalue weighted by atomic mass is 10.1. The van der Waals surface area contributed by atoms with Gasteiger partial charge >= 0.3 is 0 Å². The molecule has 2 rings (SSSR count). The summed E-state index contributed by atoms with van der Waals surface area (Å²) >= 11 is 0. The number of quaternary nitrogens is 1. The van der Waals surface area contributed by atoms with Crippen LogP contribution in [0.15, 0.2) is 24.3 Å². The quantitative estimate of drug-likeness (QED) is 0.493. The Kier molecular flexibility index (Phi) is 2.57. The number of hydroxylamine groups is 2. The maximum absolute atomic E-state index is 12.4. The Hall–Kier alpha value is -0.860. The molecule has 0 saturated carbocycles. The Morgan fingerprint density at radius 2 is 1.57 bits per heavy atom. The lowest BCUT2D eigenvalue weighted by Crippen LogP contribution is -2.47. The van der Waals surface area contributed by atoms with Crippen molar-refractivity contribution < 1.29 is 0 Å². The summed E-state index contributed by atoms with van der Waals surface area (Å²) in [6.45, 7) is 5.29. The molecule has 0 bridgehead atoms. The monoisotopic (exact) mass is 190 g/mol. The number of hydrogen-bond acceptors (Lipinski definition) is 1. The predicted octanol–water partition coefficient (Wildman–Crippen LogP) is 2.86. The van der Waals surface area contributed by atoms with E-state index < -0.39 is 0 Å². The van der Waals surface area contributed by atoms with Crippen LogP contribution >= 0.6 is 0 Å². The van der Waals surface area contributed by atoms with Gasteiger partial charge in [-0.3, -0.25) is 0 Å². The number of hydrogen-bond donors (Lipinski definition) is 0. The van der Waals surface area contributed by atoms with Crippen LogP contribution in [0.5, 0.6) is 0 Å². The van der Waals surface area contributed by atoms with Gasteiger partial charge in [0, 0.05) is 0 Å². The lowest BCUT2D eigenvalue weighted by Gasteiger charge is -2.44. The zero-order chi connectivity index (χ0) is 10.0. The first-order chi connectivity index (χ1) is 6.71. The fourth-order valence-electron chi connectivity index (χ4n) is 2.05. The van der Waals surface area contributed by atoms with E-state index in [2.05, 4.69) is 6.92 Å². The summed E-state index contributed by atoms with van der Waals surface area (Å²) in [7, 11) is 0. The van der Waals surface area contributed by atoms with Gasteiger partial charge in [0.05, 0.1) is 13.1 Å². The van der Waals surface area contributed by atoms with Crippen molar-refractivity contribution in [2.75, 3.05) is 13.1 Å². The van der Waals surface area contributed by atoms with Gasteiger partial charge in [-0.25, -0.2) is 0 Å². The second kappa shape index (κ2) is 3.71. The third-order valence-electron chi connectivity index (χ3n) is 2.95. The van der Waals surface area contributed by atoms with Gasteiger partial charge in [0.25, 0.3) is 0 Å². The molecule has 1 heterocycles. The molecule has 0 aliphatic carbocycles. The van der Waals surface area contributed by atoms with Crippen LogP contribution < -0.4 is 4.65 Å². The molecule has 0 amide bonds. The van der Waals surface area contributed by atoms with Gasteiger partial charge in [0.2, 0.25) is 0 Å². The third-order valence-corrected chi connectivity index (χ3v) is 2.95. The van der Waals surface area contributed by atoms with Crippen LogP contribution in [-0.2, 0) is 0 Å². The van der Waals surface area contributed by atoms with Crippen LogP contribution in [0, 0.1) is 12.1 Å². The van der Waals surface area contributed by atoms with E-state index in [9.17, 15) is 5.21 Å². The summed E-state index contributed by atoms with van der Waals surface area (Å²) in [5.41, 5.74) is 1.86. The Morgan fingerprint density at radius 3 is 2.14 bits per heavy atom. The number of piperidine rings is 1. The molecular formula is C12H16NO. The Bertz CT molecular complexity index is 299. The van der Waals surface area contributed by atoms with E-state index in [1.54, 1.807) is 0 Å². The van der Waals surface area contributed by atoms with E-state index in [0.29, 0.717) is 0 Å². The third kappa shape index (κ3) is 1.81. The van der Waals surface area contributed by atoms with Crippen LogP contribution in [0.4, 0.5) is 5.69 Å². The zero-order valence-corrected chi connectivity index (χ0v) is 8.41. The van der Waals surface area contributed by atoms with Crippen molar-refractivity contribution >= 4 is 5.69 Å². The molecule has 1 fully saturated rings. The van der Waals surface area contributed by atoms with Crippen LogP contribution in [0.3, 0.4) is 0 Å². The Balaban J connectivity index is 2.23. The van der Waals surface area contributed by atoms with Crippen molar-refractivity contribution in [3.63, 3.8) is 0 Å². The van der Waals surface area contributed by atoms with E-state index in [0.717, 1.165) is 37.2 Å². The van der Waals surface area contributed by atoms with Gasteiger partial charge in [-0.05, 0) is 43.9 Å². The molecular weight excluding hydrogens is 174 g/mol. The van der Waals surface area contributed by atoms with Crippen LogP contribution in [-0.4, -0.2) is 13.1 Å². The smallest absolute Gasteiger partial charge is 0.132 e. The molecule has 14 heavy (non-hydrogen) atoms. The number of benzene rings is 1. The highest BCUT2D eigenvalue weighted by Crippen LogP contribution is 2.27. The fraction of sp³-hybridized carbons (Fsp3) is 0.417. The first kappa shape index (κ1) is 9.69. The molecule has 1 radical (unpaired) electrons. The van der Waals surface area contributed by atoms with Gasteiger partial charge in [-0.15, -0.1) is 0 Å². The molecule has 1 aliphatic rings. The summed E-state index contributed by atoms with van der Waals surface area (Å²) in [5, 5.41) is 12.4. The van der Waals surface area contributed by atoms with E-state index >= 15 is 0 Å². The number of nitrogens with zero attached hydrogens (tertiary/aromatic N) is 1. The molecule has 0 unspecified atom stereocenters. The summed E-state index contributed by atoms with van der Waals surface area (Å²) in [6.07, 6.45) is 3.31. The van der Waals surface area contributed by atoms with Gasteiger partial charge in [-0.1, -0.05) is 12.1 Å². The Labute approximate surface area is 85.3 Å². The summed E-state index contributed by atoms with van der Waals surface area (Å²) < 4.78 is -0.139. The van der Waals surface area contributed by atoms with Gasteiger partial charge in [-0.2, -0.15) is 0 Å². The van der Waals surface area contributed by atoms with E-state index in [1.807, 2.05) is 24.3 Å². The first-order valence-corrected chi connectivity index (χ1v) is 5.21. The standard InChI is InChI=1S/C12H16NO/c1-11-5-7-12(8-6-11)13(14)9-3-2-4-10-13/h5-8H,1-4,9-10H2. The van der Waals surface area contributed by atoms with Gasteiger partial charge in [0.15, 0.2) is 0 Å². The highest BCUT2D eigenvalue weighted by atomic mass is 16.5.